The number of halogens is 1. The standard InChI is InChI=1S/C14H12N2O2S.BrH/c1-2-18-11-5-3-10(4-6-11)9-12-13(17)16-8-7-15-14(16)19-12;/h3-9H,2H2,1H3;1H/b12-9+;. The van der Waals surface area contributed by atoms with Gasteiger partial charge in [-0.2, -0.15) is 0 Å². The summed E-state index contributed by atoms with van der Waals surface area (Å²) in [7, 11) is 0. The van der Waals surface area contributed by atoms with Gasteiger partial charge in [-0.25, -0.2) is 4.98 Å². The molecule has 2 heterocycles. The summed E-state index contributed by atoms with van der Waals surface area (Å²) in [6, 6.07) is 7.68. The van der Waals surface area contributed by atoms with Crippen LogP contribution in [0.3, 0.4) is 0 Å². The Labute approximate surface area is 130 Å². The number of aromatic nitrogens is 2. The Morgan fingerprint density at radius 2 is 2.10 bits per heavy atom. The van der Waals surface area contributed by atoms with E-state index < -0.39 is 0 Å². The number of hydrogen-bond donors (Lipinski definition) is 0. The van der Waals surface area contributed by atoms with E-state index in [1.807, 2.05) is 37.3 Å². The summed E-state index contributed by atoms with van der Waals surface area (Å²) in [6.45, 7) is 2.60. The Balaban J connectivity index is 0.00000147. The second-order valence-electron chi connectivity index (χ2n) is 4.00. The first-order valence-corrected chi connectivity index (χ1v) is 6.80. The number of fused-ring (bicyclic) bond motifs is 1. The zero-order chi connectivity index (χ0) is 13.2. The Hall–Kier alpha value is -1.66. The minimum absolute atomic E-state index is 0. The monoisotopic (exact) mass is 352 g/mol. The Morgan fingerprint density at radius 3 is 2.75 bits per heavy atom. The molecule has 0 aliphatic rings. The number of ether oxygens (including phenoxy) is 1. The molecule has 20 heavy (non-hydrogen) atoms. The Kier molecular flexibility index (Phi) is 4.57. The molecule has 0 aliphatic carbocycles. The van der Waals surface area contributed by atoms with Gasteiger partial charge in [-0.3, -0.25) is 9.20 Å². The molecule has 3 aromatic rings. The number of nitrogens with zero attached hydrogens (tertiary/aromatic N) is 2. The molecule has 104 valence electrons. The quantitative estimate of drug-likeness (QED) is 0.726. The van der Waals surface area contributed by atoms with Crippen LogP contribution in [-0.4, -0.2) is 16.0 Å². The van der Waals surface area contributed by atoms with E-state index in [0.29, 0.717) is 11.1 Å². The molecule has 0 aliphatic heterocycles. The summed E-state index contributed by atoms with van der Waals surface area (Å²) < 4.78 is 7.63. The number of rotatable bonds is 3. The SMILES string of the molecule is Br.CCOc1ccc(/C=c2/sc3nccn3c2=O)cc1. The van der Waals surface area contributed by atoms with Crippen LogP contribution in [0.2, 0.25) is 0 Å². The molecule has 0 fully saturated rings. The van der Waals surface area contributed by atoms with Crippen molar-refractivity contribution in [2.24, 2.45) is 0 Å². The molecule has 0 spiro atoms. The van der Waals surface area contributed by atoms with Crippen molar-refractivity contribution >= 4 is 39.4 Å². The Bertz CT molecular complexity index is 808. The summed E-state index contributed by atoms with van der Waals surface area (Å²) in [5.74, 6) is 0.836. The van der Waals surface area contributed by atoms with E-state index in [1.165, 1.54) is 11.3 Å². The zero-order valence-corrected chi connectivity index (χ0v) is 13.3. The normalized spacial score (nSPS) is 11.6. The molecule has 0 radical (unpaired) electrons. The first kappa shape index (κ1) is 14.7. The maximum Gasteiger partial charge on any atom is 0.274 e. The van der Waals surface area contributed by atoms with E-state index in [4.69, 9.17) is 4.74 Å². The lowest BCUT2D eigenvalue weighted by atomic mass is 10.2. The highest BCUT2D eigenvalue weighted by Crippen LogP contribution is 2.12. The molecule has 3 rings (SSSR count). The van der Waals surface area contributed by atoms with Gasteiger partial charge in [0.2, 0.25) is 0 Å². The molecule has 0 N–H and O–H groups in total. The van der Waals surface area contributed by atoms with Crippen molar-refractivity contribution in [1.29, 1.82) is 0 Å². The van der Waals surface area contributed by atoms with Crippen molar-refractivity contribution in [3.63, 3.8) is 0 Å². The van der Waals surface area contributed by atoms with Gasteiger partial charge in [0.1, 0.15) is 5.75 Å². The van der Waals surface area contributed by atoms with Crippen LogP contribution in [0.4, 0.5) is 0 Å². The predicted molar refractivity (Wildman–Crippen MR) is 86.1 cm³/mol. The molecular weight excluding hydrogens is 340 g/mol. The highest BCUT2D eigenvalue weighted by atomic mass is 79.9. The minimum atomic E-state index is -0.0219. The molecule has 1 aromatic carbocycles. The summed E-state index contributed by atoms with van der Waals surface area (Å²) in [5.41, 5.74) is 0.955. The topological polar surface area (TPSA) is 43.6 Å². The van der Waals surface area contributed by atoms with Crippen molar-refractivity contribution in [3.05, 3.63) is 57.1 Å². The third kappa shape index (κ3) is 2.76. The van der Waals surface area contributed by atoms with Crippen LogP contribution in [0, 0.1) is 0 Å². The highest BCUT2D eigenvalue weighted by Gasteiger charge is 2.03. The van der Waals surface area contributed by atoms with Crippen molar-refractivity contribution < 1.29 is 4.74 Å². The van der Waals surface area contributed by atoms with E-state index in [2.05, 4.69) is 4.98 Å². The van der Waals surface area contributed by atoms with Crippen molar-refractivity contribution in [2.45, 2.75) is 6.92 Å². The summed E-state index contributed by atoms with van der Waals surface area (Å²) >= 11 is 1.39. The third-order valence-corrected chi connectivity index (χ3v) is 3.72. The molecule has 6 heteroatoms. The highest BCUT2D eigenvalue weighted by molar-refractivity contribution is 8.93. The third-order valence-electron chi connectivity index (χ3n) is 2.73. The molecule has 4 nitrogen and oxygen atoms in total. The van der Waals surface area contributed by atoms with Crippen molar-refractivity contribution in [2.75, 3.05) is 6.61 Å². The van der Waals surface area contributed by atoms with Crippen LogP contribution < -0.4 is 14.8 Å². The minimum Gasteiger partial charge on any atom is -0.494 e. The van der Waals surface area contributed by atoms with E-state index in [0.717, 1.165) is 16.3 Å². The largest absolute Gasteiger partial charge is 0.494 e. The summed E-state index contributed by atoms with van der Waals surface area (Å²) in [5, 5.41) is 0. The molecule has 0 saturated carbocycles. The summed E-state index contributed by atoms with van der Waals surface area (Å²) in [6.07, 6.45) is 5.19. The van der Waals surface area contributed by atoms with Gasteiger partial charge in [-0.15, -0.1) is 17.0 Å². The lowest BCUT2D eigenvalue weighted by Crippen LogP contribution is -2.22. The number of thiazole rings is 1. The van der Waals surface area contributed by atoms with Crippen LogP contribution >= 0.6 is 28.3 Å². The van der Waals surface area contributed by atoms with E-state index in [9.17, 15) is 4.79 Å². The van der Waals surface area contributed by atoms with Gasteiger partial charge < -0.3 is 4.74 Å². The van der Waals surface area contributed by atoms with E-state index in [1.54, 1.807) is 16.8 Å². The fraction of sp³-hybridized carbons (Fsp3) is 0.143. The van der Waals surface area contributed by atoms with Gasteiger partial charge in [-0.1, -0.05) is 23.5 Å². The molecule has 2 aromatic heterocycles. The predicted octanol–water partition coefficient (Wildman–Crippen LogP) is 2.28. The second kappa shape index (κ2) is 6.19. The fourth-order valence-electron chi connectivity index (χ4n) is 1.85. The number of imidazole rings is 1. The van der Waals surface area contributed by atoms with Gasteiger partial charge in [0.05, 0.1) is 11.1 Å². The molecular formula is C14H13BrN2O2S. The smallest absolute Gasteiger partial charge is 0.274 e. The molecule has 0 amide bonds. The van der Waals surface area contributed by atoms with Crippen LogP contribution in [0.15, 0.2) is 41.5 Å². The number of benzene rings is 1. The van der Waals surface area contributed by atoms with Gasteiger partial charge in [0.25, 0.3) is 5.56 Å². The van der Waals surface area contributed by atoms with Crippen LogP contribution in [-0.2, 0) is 0 Å². The lowest BCUT2D eigenvalue weighted by molar-refractivity contribution is 0.340. The Morgan fingerprint density at radius 1 is 1.35 bits per heavy atom. The average molecular weight is 353 g/mol. The second-order valence-corrected chi connectivity index (χ2v) is 5.01. The lowest BCUT2D eigenvalue weighted by Gasteiger charge is -2.01. The summed E-state index contributed by atoms with van der Waals surface area (Å²) in [4.78, 5) is 16.9. The number of hydrogen-bond acceptors (Lipinski definition) is 4. The molecule has 0 atom stereocenters. The van der Waals surface area contributed by atoms with Gasteiger partial charge in [-0.05, 0) is 30.7 Å². The van der Waals surface area contributed by atoms with Crippen LogP contribution in [0.5, 0.6) is 5.75 Å². The maximum atomic E-state index is 12.0. The first-order valence-electron chi connectivity index (χ1n) is 5.98. The molecule has 0 saturated heterocycles. The van der Waals surface area contributed by atoms with Gasteiger partial charge >= 0.3 is 0 Å². The molecule has 0 bridgehead atoms. The van der Waals surface area contributed by atoms with Gasteiger partial charge in [0.15, 0.2) is 4.96 Å². The fourth-order valence-corrected chi connectivity index (χ4v) is 2.78. The first-order chi connectivity index (χ1) is 9.28. The van der Waals surface area contributed by atoms with Crippen LogP contribution in [0.25, 0.3) is 11.0 Å². The van der Waals surface area contributed by atoms with Gasteiger partial charge in [0, 0.05) is 12.4 Å². The van der Waals surface area contributed by atoms with E-state index >= 15 is 0 Å². The van der Waals surface area contributed by atoms with Crippen molar-refractivity contribution in [1.82, 2.24) is 9.38 Å². The average Bonchev–Trinajstić information content (AvgIpc) is 2.97. The maximum absolute atomic E-state index is 12.0. The van der Waals surface area contributed by atoms with E-state index in [-0.39, 0.29) is 22.5 Å². The van der Waals surface area contributed by atoms with Crippen LogP contribution in [0.1, 0.15) is 12.5 Å². The van der Waals surface area contributed by atoms with Crippen molar-refractivity contribution in [3.8, 4) is 5.75 Å². The molecule has 0 unspecified atom stereocenters. The zero-order valence-electron chi connectivity index (χ0n) is 10.8.